The minimum atomic E-state index is -3.75. The van der Waals surface area contributed by atoms with Crippen LogP contribution in [0.15, 0.2) is 59.5 Å². The van der Waals surface area contributed by atoms with Crippen LogP contribution in [0.3, 0.4) is 0 Å². The van der Waals surface area contributed by atoms with Gasteiger partial charge in [0.1, 0.15) is 5.82 Å². The fraction of sp³-hybridized carbons (Fsp3) is 0.409. The number of carbonyl (C=O) groups is 1. The molecule has 1 amide bonds. The van der Waals surface area contributed by atoms with E-state index in [-0.39, 0.29) is 23.4 Å². The largest absolute Gasteiger partial charge is 0.349 e. The van der Waals surface area contributed by atoms with Crippen molar-refractivity contribution in [2.75, 3.05) is 13.1 Å². The smallest absolute Gasteiger partial charge is 0.243 e. The van der Waals surface area contributed by atoms with Crippen LogP contribution in [-0.4, -0.2) is 31.7 Å². The maximum absolute atomic E-state index is 13.1. The molecule has 5 nitrogen and oxygen atoms in total. The van der Waals surface area contributed by atoms with E-state index in [1.807, 2.05) is 30.3 Å². The van der Waals surface area contributed by atoms with E-state index < -0.39 is 21.8 Å². The number of nitrogens with zero attached hydrogens (tertiary/aromatic N) is 1. The maximum Gasteiger partial charge on any atom is 0.243 e. The quantitative estimate of drug-likeness (QED) is 0.742. The molecule has 1 aliphatic heterocycles. The summed E-state index contributed by atoms with van der Waals surface area (Å²) in [6.45, 7) is 2.57. The van der Waals surface area contributed by atoms with E-state index in [0.717, 1.165) is 30.5 Å². The zero-order chi connectivity index (χ0) is 20.9. The summed E-state index contributed by atoms with van der Waals surface area (Å²) >= 11 is 0. The fourth-order valence-corrected chi connectivity index (χ4v) is 5.24. The maximum atomic E-state index is 13.1. The molecule has 1 N–H and O–H groups in total. The summed E-state index contributed by atoms with van der Waals surface area (Å²) in [6, 6.07) is 14.5. The average molecular weight is 419 g/mol. The van der Waals surface area contributed by atoms with Crippen molar-refractivity contribution in [2.24, 2.45) is 5.92 Å². The van der Waals surface area contributed by atoms with Gasteiger partial charge >= 0.3 is 0 Å². The van der Waals surface area contributed by atoms with Gasteiger partial charge in [0.2, 0.25) is 15.9 Å². The van der Waals surface area contributed by atoms with Crippen LogP contribution in [0.5, 0.6) is 0 Å². The van der Waals surface area contributed by atoms with Gasteiger partial charge < -0.3 is 5.32 Å². The zero-order valence-electron chi connectivity index (χ0n) is 16.6. The molecular weight excluding hydrogens is 391 g/mol. The van der Waals surface area contributed by atoms with Crippen molar-refractivity contribution in [1.82, 2.24) is 9.62 Å². The van der Waals surface area contributed by atoms with Gasteiger partial charge in [0.05, 0.1) is 16.9 Å². The summed E-state index contributed by atoms with van der Waals surface area (Å²) in [5, 5.41) is 3.11. The molecule has 0 aliphatic carbocycles. The van der Waals surface area contributed by atoms with E-state index >= 15 is 0 Å². The Bertz CT molecular complexity index is 917. The molecule has 0 saturated carbocycles. The molecule has 0 radical (unpaired) electrons. The lowest BCUT2D eigenvalue weighted by Gasteiger charge is -2.32. The summed E-state index contributed by atoms with van der Waals surface area (Å²) in [7, 11) is -3.75. The highest BCUT2D eigenvalue weighted by Crippen LogP contribution is 2.26. The average Bonchev–Trinajstić information content (AvgIpc) is 2.74. The van der Waals surface area contributed by atoms with E-state index in [1.54, 1.807) is 0 Å². The van der Waals surface area contributed by atoms with Gasteiger partial charge in [-0.05, 0) is 49.1 Å². The van der Waals surface area contributed by atoms with Crippen molar-refractivity contribution in [1.29, 1.82) is 0 Å². The monoisotopic (exact) mass is 418 g/mol. The van der Waals surface area contributed by atoms with Crippen molar-refractivity contribution in [2.45, 2.75) is 43.5 Å². The lowest BCUT2D eigenvalue weighted by molar-refractivity contribution is -0.126. The third kappa shape index (κ3) is 5.22. The molecule has 2 atom stereocenters. The standard InChI is InChI=1S/C22H27FN2O3S/c1-2-7-21(17-8-4-3-5-9-17)24-22(26)18-10-6-15-25(16-18)29(27,28)20-13-11-19(23)12-14-20/h3-5,8-9,11-14,18,21H,2,6-7,10,15-16H2,1H3,(H,24,26). The van der Waals surface area contributed by atoms with Crippen molar-refractivity contribution in [3.05, 3.63) is 66.0 Å². The molecule has 0 bridgehead atoms. The highest BCUT2D eigenvalue weighted by Gasteiger charge is 2.34. The second-order valence-corrected chi connectivity index (χ2v) is 9.35. The minimum absolute atomic E-state index is 0.0492. The molecule has 2 unspecified atom stereocenters. The Morgan fingerprint density at radius 1 is 1.17 bits per heavy atom. The van der Waals surface area contributed by atoms with Crippen molar-refractivity contribution >= 4 is 15.9 Å². The molecule has 3 rings (SSSR count). The van der Waals surface area contributed by atoms with Crippen LogP contribution < -0.4 is 5.32 Å². The number of sulfonamides is 1. The van der Waals surface area contributed by atoms with Crippen LogP contribution in [0.1, 0.15) is 44.2 Å². The number of benzene rings is 2. The normalized spacial score (nSPS) is 18.9. The third-order valence-electron chi connectivity index (χ3n) is 5.30. The molecule has 1 aliphatic rings. The molecular formula is C22H27FN2O3S. The molecule has 1 heterocycles. The Balaban J connectivity index is 1.71. The molecule has 1 saturated heterocycles. The lowest BCUT2D eigenvalue weighted by atomic mass is 9.96. The SMILES string of the molecule is CCCC(NC(=O)C1CCCN(S(=O)(=O)c2ccc(F)cc2)C1)c1ccccc1. The summed E-state index contributed by atoms with van der Waals surface area (Å²) in [5.41, 5.74) is 1.05. The summed E-state index contributed by atoms with van der Waals surface area (Å²) in [6.07, 6.45) is 3.01. The molecule has 2 aromatic rings. The van der Waals surface area contributed by atoms with Crippen molar-refractivity contribution < 1.29 is 17.6 Å². The second kappa shape index (κ2) is 9.50. The summed E-state index contributed by atoms with van der Waals surface area (Å²) in [4.78, 5) is 13.0. The van der Waals surface area contributed by atoms with Gasteiger partial charge in [-0.2, -0.15) is 4.31 Å². The third-order valence-corrected chi connectivity index (χ3v) is 7.18. The first-order valence-electron chi connectivity index (χ1n) is 10.0. The van der Waals surface area contributed by atoms with Crippen LogP contribution in [0.4, 0.5) is 4.39 Å². The molecule has 7 heteroatoms. The highest BCUT2D eigenvalue weighted by molar-refractivity contribution is 7.89. The molecule has 1 fully saturated rings. The second-order valence-electron chi connectivity index (χ2n) is 7.42. The summed E-state index contributed by atoms with van der Waals surface area (Å²) < 4.78 is 40.3. The number of nitrogens with one attached hydrogen (secondary N) is 1. The summed E-state index contributed by atoms with van der Waals surface area (Å²) in [5.74, 6) is -1.00. The van der Waals surface area contributed by atoms with Crippen LogP contribution in [0.25, 0.3) is 0 Å². The Hall–Kier alpha value is -2.25. The first-order valence-corrected chi connectivity index (χ1v) is 11.5. The lowest BCUT2D eigenvalue weighted by Crippen LogP contribution is -2.46. The molecule has 29 heavy (non-hydrogen) atoms. The van der Waals surface area contributed by atoms with E-state index in [1.165, 1.54) is 16.4 Å². The number of amides is 1. The molecule has 156 valence electrons. The van der Waals surface area contributed by atoms with Gasteiger partial charge in [0, 0.05) is 13.1 Å². The number of hydrogen-bond donors (Lipinski definition) is 1. The zero-order valence-corrected chi connectivity index (χ0v) is 17.4. The van der Waals surface area contributed by atoms with Crippen LogP contribution >= 0.6 is 0 Å². The number of piperidine rings is 1. The van der Waals surface area contributed by atoms with Gasteiger partial charge in [-0.3, -0.25) is 4.79 Å². The van der Waals surface area contributed by atoms with Crippen LogP contribution in [-0.2, 0) is 14.8 Å². The topological polar surface area (TPSA) is 66.5 Å². The fourth-order valence-electron chi connectivity index (χ4n) is 3.72. The van der Waals surface area contributed by atoms with Gasteiger partial charge in [-0.25, -0.2) is 12.8 Å². The predicted octanol–water partition coefficient (Wildman–Crippen LogP) is 3.88. The van der Waals surface area contributed by atoms with Gasteiger partial charge in [-0.15, -0.1) is 0 Å². The number of halogens is 1. The molecule has 2 aromatic carbocycles. The van der Waals surface area contributed by atoms with Gasteiger partial charge in [0.15, 0.2) is 0 Å². The predicted molar refractivity (Wildman–Crippen MR) is 110 cm³/mol. The van der Waals surface area contributed by atoms with E-state index in [9.17, 15) is 17.6 Å². The van der Waals surface area contributed by atoms with E-state index in [0.29, 0.717) is 19.4 Å². The van der Waals surface area contributed by atoms with Crippen LogP contribution in [0.2, 0.25) is 0 Å². The van der Waals surface area contributed by atoms with Crippen molar-refractivity contribution in [3.8, 4) is 0 Å². The number of carbonyl (C=O) groups excluding carboxylic acids is 1. The Morgan fingerprint density at radius 3 is 2.52 bits per heavy atom. The Morgan fingerprint density at radius 2 is 1.86 bits per heavy atom. The van der Waals surface area contributed by atoms with Gasteiger partial charge in [-0.1, -0.05) is 43.7 Å². The van der Waals surface area contributed by atoms with Gasteiger partial charge in [0.25, 0.3) is 0 Å². The molecule has 0 aromatic heterocycles. The van der Waals surface area contributed by atoms with E-state index in [2.05, 4.69) is 12.2 Å². The minimum Gasteiger partial charge on any atom is -0.349 e. The Labute approximate surface area is 172 Å². The highest BCUT2D eigenvalue weighted by atomic mass is 32.2. The van der Waals surface area contributed by atoms with E-state index in [4.69, 9.17) is 0 Å². The number of hydrogen-bond acceptors (Lipinski definition) is 3. The first-order chi connectivity index (χ1) is 13.9. The van der Waals surface area contributed by atoms with Crippen LogP contribution in [0, 0.1) is 11.7 Å². The Kier molecular flexibility index (Phi) is 7.03. The van der Waals surface area contributed by atoms with Crippen molar-refractivity contribution in [3.63, 3.8) is 0 Å². The first kappa shape index (κ1) is 21.5. The molecule has 0 spiro atoms. The number of rotatable bonds is 7.